The Balaban J connectivity index is 0.00000121. The smallest absolute Gasteiger partial charge is 0.00749 e. The summed E-state index contributed by atoms with van der Waals surface area (Å²) in [6.45, 7) is 3.49. The van der Waals surface area contributed by atoms with Crippen molar-refractivity contribution < 1.29 is 0 Å². The van der Waals surface area contributed by atoms with Crippen LogP contribution >= 0.6 is 24.2 Å². The highest BCUT2D eigenvalue weighted by Crippen LogP contribution is 2.12. The van der Waals surface area contributed by atoms with Crippen molar-refractivity contribution in [3.63, 3.8) is 0 Å². The normalized spacial score (nSPS) is 23.2. The second kappa shape index (κ2) is 8.21. The van der Waals surface area contributed by atoms with E-state index in [0.29, 0.717) is 0 Å². The Morgan fingerprint density at radius 1 is 1.42 bits per heavy atom. The first-order valence-electron chi connectivity index (χ1n) is 4.74. The van der Waals surface area contributed by atoms with Gasteiger partial charge < -0.3 is 5.32 Å². The molecule has 1 atom stereocenters. The molecule has 0 saturated carbocycles. The highest BCUT2D eigenvalue weighted by Gasteiger charge is 2.10. The van der Waals surface area contributed by atoms with Crippen LogP contribution in [0.2, 0.25) is 0 Å². The van der Waals surface area contributed by atoms with E-state index in [1.165, 1.54) is 43.7 Å². The Morgan fingerprint density at radius 3 is 2.83 bits per heavy atom. The van der Waals surface area contributed by atoms with Gasteiger partial charge in [-0.1, -0.05) is 13.3 Å². The summed E-state index contributed by atoms with van der Waals surface area (Å²) >= 11 is 2.06. The van der Waals surface area contributed by atoms with Crippen molar-refractivity contribution in [3.05, 3.63) is 0 Å². The van der Waals surface area contributed by atoms with E-state index in [1.807, 2.05) is 0 Å². The van der Waals surface area contributed by atoms with E-state index in [4.69, 9.17) is 0 Å². The van der Waals surface area contributed by atoms with Crippen LogP contribution in [0.1, 0.15) is 32.6 Å². The fraction of sp³-hybridized carbons (Fsp3) is 1.00. The largest absolute Gasteiger partial charge is 0.314 e. The van der Waals surface area contributed by atoms with Gasteiger partial charge in [-0.15, -0.1) is 12.4 Å². The average Bonchev–Trinajstić information content (AvgIpc) is 2.07. The molecule has 0 aromatic carbocycles. The molecule has 3 heteroatoms. The number of hydrogen-bond acceptors (Lipinski definition) is 2. The van der Waals surface area contributed by atoms with Crippen molar-refractivity contribution in [1.82, 2.24) is 5.32 Å². The van der Waals surface area contributed by atoms with Gasteiger partial charge in [0.25, 0.3) is 0 Å². The van der Waals surface area contributed by atoms with Crippen molar-refractivity contribution in [1.29, 1.82) is 0 Å². The van der Waals surface area contributed by atoms with Gasteiger partial charge in [-0.3, -0.25) is 0 Å². The van der Waals surface area contributed by atoms with Crippen LogP contribution in [0.15, 0.2) is 0 Å². The number of rotatable bonds is 4. The molecule has 0 bridgehead atoms. The quantitative estimate of drug-likeness (QED) is 0.715. The Labute approximate surface area is 86.5 Å². The minimum Gasteiger partial charge on any atom is -0.314 e. The second-order valence-electron chi connectivity index (χ2n) is 3.13. The lowest BCUT2D eigenvalue weighted by atomic mass is 10.0. The first-order chi connectivity index (χ1) is 5.43. The van der Waals surface area contributed by atoms with Crippen molar-refractivity contribution in [2.24, 2.45) is 0 Å². The first kappa shape index (κ1) is 12.6. The number of thioether (sulfide) groups is 1. The van der Waals surface area contributed by atoms with Gasteiger partial charge in [0.2, 0.25) is 0 Å². The predicted octanol–water partition coefficient (Wildman–Crippen LogP) is 2.69. The van der Waals surface area contributed by atoms with Crippen LogP contribution in [-0.2, 0) is 0 Å². The zero-order chi connectivity index (χ0) is 7.94. The summed E-state index contributed by atoms with van der Waals surface area (Å²) in [6, 6.07) is 0.836. The third-order valence-corrected chi connectivity index (χ3v) is 3.16. The van der Waals surface area contributed by atoms with E-state index >= 15 is 0 Å². The Hall–Kier alpha value is 0.600. The van der Waals surface area contributed by atoms with Crippen LogP contribution in [0.3, 0.4) is 0 Å². The summed E-state index contributed by atoms with van der Waals surface area (Å²) in [5.41, 5.74) is 0. The van der Waals surface area contributed by atoms with Gasteiger partial charge in [0.05, 0.1) is 0 Å². The fourth-order valence-electron chi connectivity index (χ4n) is 1.54. The summed E-state index contributed by atoms with van der Waals surface area (Å²) in [5, 5.41) is 3.56. The minimum atomic E-state index is 0. The summed E-state index contributed by atoms with van der Waals surface area (Å²) in [6.07, 6.45) is 5.61. The number of halogens is 1. The summed E-state index contributed by atoms with van der Waals surface area (Å²) in [7, 11) is 0. The Morgan fingerprint density at radius 2 is 2.25 bits per heavy atom. The summed E-state index contributed by atoms with van der Waals surface area (Å²) in [5.74, 6) is 2.61. The maximum Gasteiger partial charge on any atom is 0.00749 e. The molecular weight excluding hydrogens is 190 g/mol. The lowest BCUT2D eigenvalue weighted by molar-refractivity contribution is 0.395. The van der Waals surface area contributed by atoms with E-state index in [-0.39, 0.29) is 12.4 Å². The van der Waals surface area contributed by atoms with Crippen molar-refractivity contribution in [3.8, 4) is 0 Å². The zero-order valence-electron chi connectivity index (χ0n) is 7.84. The molecule has 1 rings (SSSR count). The molecule has 12 heavy (non-hydrogen) atoms. The third kappa shape index (κ3) is 5.28. The van der Waals surface area contributed by atoms with Gasteiger partial charge in [0.15, 0.2) is 0 Å². The van der Waals surface area contributed by atoms with Crippen LogP contribution < -0.4 is 5.32 Å². The lowest BCUT2D eigenvalue weighted by Crippen LogP contribution is -2.34. The van der Waals surface area contributed by atoms with Crippen molar-refractivity contribution in [2.75, 3.05) is 18.1 Å². The highest BCUT2D eigenvalue weighted by atomic mass is 35.5. The molecule has 0 aromatic heterocycles. The molecule has 1 fully saturated rings. The molecule has 0 amide bonds. The number of piperidine rings is 1. The zero-order valence-corrected chi connectivity index (χ0v) is 9.48. The summed E-state index contributed by atoms with van der Waals surface area (Å²) in [4.78, 5) is 0. The Bertz CT molecular complexity index is 94.5. The molecule has 1 aliphatic heterocycles. The van der Waals surface area contributed by atoms with Gasteiger partial charge in [0, 0.05) is 6.04 Å². The molecule has 74 valence electrons. The van der Waals surface area contributed by atoms with Crippen LogP contribution in [0.25, 0.3) is 0 Å². The topological polar surface area (TPSA) is 12.0 Å². The molecule has 1 aliphatic rings. The maximum absolute atomic E-state index is 3.56. The minimum absolute atomic E-state index is 0. The molecule has 0 aromatic rings. The molecule has 1 heterocycles. The van der Waals surface area contributed by atoms with Crippen molar-refractivity contribution >= 4 is 24.2 Å². The predicted molar refractivity (Wildman–Crippen MR) is 60.5 cm³/mol. The van der Waals surface area contributed by atoms with Crippen LogP contribution in [-0.4, -0.2) is 24.1 Å². The Kier molecular flexibility index (Phi) is 8.62. The van der Waals surface area contributed by atoms with Crippen LogP contribution in [0.5, 0.6) is 0 Å². The average molecular weight is 210 g/mol. The molecule has 0 spiro atoms. The van der Waals surface area contributed by atoms with E-state index in [9.17, 15) is 0 Å². The fourth-order valence-corrected chi connectivity index (χ4v) is 2.28. The van der Waals surface area contributed by atoms with Gasteiger partial charge >= 0.3 is 0 Å². The first-order valence-corrected chi connectivity index (χ1v) is 5.90. The molecule has 1 unspecified atom stereocenters. The molecule has 0 aliphatic carbocycles. The van der Waals surface area contributed by atoms with Gasteiger partial charge in [0.1, 0.15) is 0 Å². The van der Waals surface area contributed by atoms with Gasteiger partial charge in [-0.2, -0.15) is 11.8 Å². The standard InChI is InChI=1S/C9H19NS.ClH/c1-2-11-8-6-9-5-3-4-7-10-9;/h9-10H,2-8H2,1H3;1H. The molecule has 1 saturated heterocycles. The van der Waals surface area contributed by atoms with Crippen LogP contribution in [0, 0.1) is 0 Å². The van der Waals surface area contributed by atoms with Gasteiger partial charge in [-0.25, -0.2) is 0 Å². The van der Waals surface area contributed by atoms with Gasteiger partial charge in [-0.05, 0) is 37.3 Å². The summed E-state index contributed by atoms with van der Waals surface area (Å²) < 4.78 is 0. The lowest BCUT2D eigenvalue weighted by Gasteiger charge is -2.22. The van der Waals surface area contributed by atoms with E-state index < -0.39 is 0 Å². The molecule has 0 radical (unpaired) electrons. The van der Waals surface area contributed by atoms with Crippen LogP contribution in [0.4, 0.5) is 0 Å². The molecular formula is C9H20ClNS. The van der Waals surface area contributed by atoms with E-state index in [2.05, 4.69) is 24.0 Å². The third-order valence-electron chi connectivity index (χ3n) is 2.23. The van der Waals surface area contributed by atoms with E-state index in [0.717, 1.165) is 6.04 Å². The number of hydrogen-bond donors (Lipinski definition) is 1. The van der Waals surface area contributed by atoms with Crippen molar-refractivity contribution in [2.45, 2.75) is 38.6 Å². The highest BCUT2D eigenvalue weighted by molar-refractivity contribution is 7.99. The maximum atomic E-state index is 3.56. The molecule has 1 nitrogen and oxygen atoms in total. The number of nitrogens with one attached hydrogen (secondary N) is 1. The monoisotopic (exact) mass is 209 g/mol. The SMILES string of the molecule is CCSCCC1CCCCN1.Cl. The van der Waals surface area contributed by atoms with E-state index in [1.54, 1.807) is 0 Å². The second-order valence-corrected chi connectivity index (χ2v) is 4.53. The molecule has 1 N–H and O–H groups in total.